The topological polar surface area (TPSA) is 91.2 Å². The van der Waals surface area contributed by atoms with Crippen molar-refractivity contribution >= 4 is 26.8 Å². The Morgan fingerprint density at radius 1 is 1.42 bits per heavy atom. The van der Waals surface area contributed by atoms with Gasteiger partial charge in [-0.05, 0) is 25.3 Å². The van der Waals surface area contributed by atoms with Gasteiger partial charge in [-0.2, -0.15) is 5.10 Å². The normalized spacial score (nSPS) is 20.0. The summed E-state index contributed by atoms with van der Waals surface area (Å²) in [5, 5.41) is 5.13. The van der Waals surface area contributed by atoms with Crippen molar-refractivity contribution in [3.63, 3.8) is 0 Å². The van der Waals surface area contributed by atoms with Crippen molar-refractivity contribution in [3.05, 3.63) is 23.0 Å². The largest absolute Gasteiger partial charge is 0.465 e. The van der Waals surface area contributed by atoms with Gasteiger partial charge in [0.2, 0.25) is 0 Å². The summed E-state index contributed by atoms with van der Waals surface area (Å²) in [6.45, 7) is 5.77. The first-order valence-electron chi connectivity index (χ1n) is 7.92. The molecule has 7 nitrogen and oxygen atoms in total. The van der Waals surface area contributed by atoms with E-state index in [0.717, 1.165) is 5.69 Å². The van der Waals surface area contributed by atoms with Crippen molar-refractivity contribution in [1.82, 2.24) is 14.8 Å². The van der Waals surface area contributed by atoms with Gasteiger partial charge < -0.3 is 4.74 Å². The zero-order chi connectivity index (χ0) is 17.6. The van der Waals surface area contributed by atoms with Gasteiger partial charge in [-0.25, -0.2) is 22.9 Å². The molecule has 1 fully saturated rings. The van der Waals surface area contributed by atoms with Crippen LogP contribution in [0, 0.1) is 6.92 Å². The molecule has 24 heavy (non-hydrogen) atoms. The third-order valence-corrected chi connectivity index (χ3v) is 6.16. The lowest BCUT2D eigenvalue weighted by Crippen LogP contribution is -2.14. The Morgan fingerprint density at radius 3 is 2.67 bits per heavy atom. The molecule has 0 aromatic carbocycles. The molecule has 2 aromatic heterocycles. The number of nitrogens with zero attached hydrogens (tertiary/aromatic N) is 3. The molecule has 1 saturated heterocycles. The third-order valence-electron chi connectivity index (χ3n) is 4.41. The number of aromatic nitrogens is 3. The Labute approximate surface area is 140 Å². The number of fused-ring (bicyclic) bond motifs is 1. The van der Waals surface area contributed by atoms with E-state index in [0.29, 0.717) is 28.7 Å². The fourth-order valence-electron chi connectivity index (χ4n) is 3.12. The first kappa shape index (κ1) is 16.9. The van der Waals surface area contributed by atoms with Gasteiger partial charge in [0, 0.05) is 5.69 Å². The molecular weight excluding hydrogens is 330 g/mol. The second-order valence-electron chi connectivity index (χ2n) is 6.53. The number of sulfone groups is 1. The predicted molar refractivity (Wildman–Crippen MR) is 90.0 cm³/mol. The van der Waals surface area contributed by atoms with Crippen LogP contribution in [0.15, 0.2) is 6.07 Å². The van der Waals surface area contributed by atoms with Crippen LogP contribution in [0.5, 0.6) is 0 Å². The second kappa shape index (κ2) is 5.84. The molecule has 130 valence electrons. The number of methoxy groups -OCH3 is 1. The molecule has 1 atom stereocenters. The van der Waals surface area contributed by atoms with Gasteiger partial charge in [0.15, 0.2) is 15.5 Å². The van der Waals surface area contributed by atoms with Gasteiger partial charge in [0.25, 0.3) is 0 Å². The zero-order valence-corrected chi connectivity index (χ0v) is 15.1. The van der Waals surface area contributed by atoms with Crippen molar-refractivity contribution in [2.45, 2.75) is 39.2 Å². The van der Waals surface area contributed by atoms with Gasteiger partial charge in [-0.1, -0.05) is 13.8 Å². The maximum Gasteiger partial charge on any atom is 0.338 e. The van der Waals surface area contributed by atoms with Crippen molar-refractivity contribution in [2.24, 2.45) is 0 Å². The highest BCUT2D eigenvalue weighted by Crippen LogP contribution is 2.31. The van der Waals surface area contributed by atoms with E-state index in [1.807, 2.05) is 13.8 Å². The standard InChI is InChI=1S/C16H21N3O4S/c1-9(2)13-7-12(16(20)23-4)14-10(3)18-19(15(14)17-13)11-5-6-24(21,22)8-11/h7,9,11H,5-6,8H2,1-4H3/t11-/m0/s1. The third kappa shape index (κ3) is 2.79. The van der Waals surface area contributed by atoms with Crippen molar-refractivity contribution < 1.29 is 17.9 Å². The first-order valence-corrected chi connectivity index (χ1v) is 9.74. The fraction of sp³-hybridized carbons (Fsp3) is 0.562. The molecule has 8 heteroatoms. The molecule has 2 aromatic rings. The first-order chi connectivity index (χ1) is 11.2. The van der Waals surface area contributed by atoms with Crippen LogP contribution in [0.25, 0.3) is 11.0 Å². The van der Waals surface area contributed by atoms with Gasteiger partial charge in [-0.15, -0.1) is 0 Å². The number of hydrogen-bond acceptors (Lipinski definition) is 6. The van der Waals surface area contributed by atoms with E-state index >= 15 is 0 Å². The monoisotopic (exact) mass is 351 g/mol. The Kier molecular flexibility index (Phi) is 4.11. The lowest BCUT2D eigenvalue weighted by molar-refractivity contribution is 0.0602. The molecule has 0 radical (unpaired) electrons. The maximum atomic E-state index is 12.2. The summed E-state index contributed by atoms with van der Waals surface area (Å²) in [6.07, 6.45) is 0.514. The summed E-state index contributed by atoms with van der Waals surface area (Å²) >= 11 is 0. The van der Waals surface area contributed by atoms with Crippen molar-refractivity contribution in [1.29, 1.82) is 0 Å². The van der Waals surface area contributed by atoms with Crippen LogP contribution in [0.3, 0.4) is 0 Å². The highest BCUT2D eigenvalue weighted by Gasteiger charge is 2.32. The quantitative estimate of drug-likeness (QED) is 0.786. The minimum Gasteiger partial charge on any atom is -0.465 e. The van der Waals surface area contributed by atoms with Crippen LogP contribution in [0.1, 0.15) is 54.0 Å². The molecule has 3 heterocycles. The number of esters is 1. The average Bonchev–Trinajstić information content (AvgIpc) is 3.05. The number of rotatable bonds is 3. The smallest absolute Gasteiger partial charge is 0.338 e. The van der Waals surface area contributed by atoms with Crippen molar-refractivity contribution in [3.8, 4) is 0 Å². The van der Waals surface area contributed by atoms with Gasteiger partial charge >= 0.3 is 5.97 Å². The molecule has 0 amide bonds. The van der Waals surface area contributed by atoms with E-state index in [-0.39, 0.29) is 23.5 Å². The van der Waals surface area contributed by atoms with E-state index in [2.05, 4.69) is 10.1 Å². The zero-order valence-electron chi connectivity index (χ0n) is 14.2. The van der Waals surface area contributed by atoms with E-state index in [9.17, 15) is 13.2 Å². The lowest BCUT2D eigenvalue weighted by Gasteiger charge is -2.12. The van der Waals surface area contributed by atoms with E-state index in [4.69, 9.17) is 4.74 Å². The van der Waals surface area contributed by atoms with Crippen LogP contribution < -0.4 is 0 Å². The minimum atomic E-state index is -3.04. The minimum absolute atomic E-state index is 0.0599. The maximum absolute atomic E-state index is 12.2. The molecule has 0 spiro atoms. The van der Waals surface area contributed by atoms with Gasteiger partial charge in [-0.3, -0.25) is 0 Å². The highest BCUT2D eigenvalue weighted by molar-refractivity contribution is 7.91. The summed E-state index contributed by atoms with van der Waals surface area (Å²) in [7, 11) is -1.70. The Hall–Kier alpha value is -1.96. The highest BCUT2D eigenvalue weighted by atomic mass is 32.2. The average molecular weight is 351 g/mol. The van der Waals surface area contributed by atoms with E-state index in [1.54, 1.807) is 17.7 Å². The van der Waals surface area contributed by atoms with Gasteiger partial charge in [0.05, 0.1) is 41.3 Å². The van der Waals surface area contributed by atoms with Crippen LogP contribution >= 0.6 is 0 Å². The number of hydrogen-bond donors (Lipinski definition) is 0. The summed E-state index contributed by atoms with van der Waals surface area (Å²) in [5.74, 6) is -0.101. The van der Waals surface area contributed by atoms with E-state index < -0.39 is 15.8 Å². The molecule has 3 rings (SSSR count). The van der Waals surface area contributed by atoms with Crippen LogP contribution in [0.4, 0.5) is 0 Å². The number of aryl methyl sites for hydroxylation is 1. The van der Waals surface area contributed by atoms with Crippen LogP contribution in [-0.2, 0) is 14.6 Å². The molecule has 0 N–H and O–H groups in total. The van der Waals surface area contributed by atoms with Crippen LogP contribution in [-0.4, -0.2) is 47.8 Å². The molecule has 1 aliphatic heterocycles. The SMILES string of the molecule is COC(=O)c1cc(C(C)C)nc2c1c(C)nn2[C@H]1CCS(=O)(=O)C1. The number of carbonyl (C=O) groups is 1. The number of carbonyl (C=O) groups excluding carboxylic acids is 1. The summed E-state index contributed by atoms with van der Waals surface area (Å²) in [5.41, 5.74) is 2.39. The van der Waals surface area contributed by atoms with E-state index in [1.165, 1.54) is 7.11 Å². The van der Waals surface area contributed by atoms with Crippen molar-refractivity contribution in [2.75, 3.05) is 18.6 Å². The molecular formula is C16H21N3O4S. The predicted octanol–water partition coefficient (Wildman–Crippen LogP) is 2.01. The van der Waals surface area contributed by atoms with Gasteiger partial charge in [0.1, 0.15) is 0 Å². The second-order valence-corrected chi connectivity index (χ2v) is 8.76. The molecule has 1 aliphatic rings. The Morgan fingerprint density at radius 2 is 2.12 bits per heavy atom. The summed E-state index contributed by atoms with van der Waals surface area (Å²) in [4.78, 5) is 16.9. The Bertz CT molecular complexity index is 915. The summed E-state index contributed by atoms with van der Waals surface area (Å²) < 4.78 is 30.2. The molecule has 0 bridgehead atoms. The molecule has 0 unspecified atom stereocenters. The lowest BCUT2D eigenvalue weighted by atomic mass is 10.0. The number of pyridine rings is 1. The molecule has 0 saturated carbocycles. The Balaban J connectivity index is 2.26. The fourth-order valence-corrected chi connectivity index (χ4v) is 4.81. The summed E-state index contributed by atoms with van der Waals surface area (Å²) in [6, 6.07) is 1.50. The van der Waals surface area contributed by atoms with Crippen LogP contribution in [0.2, 0.25) is 0 Å². The molecule has 0 aliphatic carbocycles. The number of ether oxygens (including phenoxy) is 1.